The van der Waals surface area contributed by atoms with Crippen molar-refractivity contribution in [3.05, 3.63) is 46.0 Å². The molecule has 1 aromatic heterocycles. The number of methoxy groups -OCH3 is 1. The fourth-order valence-corrected chi connectivity index (χ4v) is 5.82. The van der Waals surface area contributed by atoms with Gasteiger partial charge in [-0.2, -0.15) is 4.31 Å². The number of rotatable bonds is 5. The van der Waals surface area contributed by atoms with Crippen LogP contribution in [0.1, 0.15) is 5.56 Å². The van der Waals surface area contributed by atoms with Crippen LogP contribution in [0.3, 0.4) is 0 Å². The Balaban J connectivity index is 1.61. The van der Waals surface area contributed by atoms with E-state index in [1.54, 1.807) is 12.1 Å². The van der Waals surface area contributed by atoms with Crippen molar-refractivity contribution in [1.29, 1.82) is 0 Å². The van der Waals surface area contributed by atoms with Crippen LogP contribution in [0, 0.1) is 5.82 Å². The van der Waals surface area contributed by atoms with E-state index >= 15 is 0 Å². The summed E-state index contributed by atoms with van der Waals surface area (Å²) in [5.74, 6) is -0.176. The summed E-state index contributed by atoms with van der Waals surface area (Å²) in [6.45, 7) is 2.55. The fourth-order valence-electron chi connectivity index (χ4n) is 2.76. The van der Waals surface area contributed by atoms with Crippen molar-refractivity contribution in [3.63, 3.8) is 0 Å². The van der Waals surface area contributed by atoms with Gasteiger partial charge in [-0.1, -0.05) is 17.7 Å². The molecule has 0 radical (unpaired) electrons. The second kappa shape index (κ2) is 7.59. The molecule has 136 valence electrons. The van der Waals surface area contributed by atoms with Gasteiger partial charge in [-0.05, 0) is 29.8 Å². The lowest BCUT2D eigenvalue weighted by Gasteiger charge is -2.33. The number of sulfonamides is 1. The molecule has 1 fully saturated rings. The molecular weight excluding hydrogens is 387 g/mol. The third-order valence-corrected chi connectivity index (χ3v) is 7.69. The summed E-state index contributed by atoms with van der Waals surface area (Å²) in [5.41, 5.74) is 0.833. The normalized spacial score (nSPS) is 16.9. The Morgan fingerprint density at radius 1 is 1.20 bits per heavy atom. The van der Waals surface area contributed by atoms with Crippen LogP contribution in [-0.2, 0) is 16.6 Å². The van der Waals surface area contributed by atoms with Crippen LogP contribution in [0.25, 0.3) is 0 Å². The second-order valence-corrected chi connectivity index (χ2v) is 9.59. The minimum Gasteiger partial charge on any atom is -0.494 e. The van der Waals surface area contributed by atoms with Gasteiger partial charge in [0.2, 0.25) is 0 Å². The molecule has 9 heteroatoms. The number of hydrogen-bond donors (Lipinski definition) is 0. The molecule has 0 unspecified atom stereocenters. The molecule has 1 aromatic carbocycles. The maximum atomic E-state index is 13.8. The van der Waals surface area contributed by atoms with Crippen LogP contribution in [0.4, 0.5) is 4.39 Å². The summed E-state index contributed by atoms with van der Waals surface area (Å²) in [7, 11) is -2.06. The van der Waals surface area contributed by atoms with Crippen LogP contribution >= 0.6 is 22.9 Å². The van der Waals surface area contributed by atoms with Crippen molar-refractivity contribution in [2.75, 3.05) is 33.3 Å². The number of halogens is 2. The van der Waals surface area contributed by atoms with Crippen molar-refractivity contribution in [2.45, 2.75) is 10.8 Å². The van der Waals surface area contributed by atoms with E-state index in [2.05, 4.69) is 4.90 Å². The summed E-state index contributed by atoms with van der Waals surface area (Å²) in [6, 6.07) is 8.00. The van der Waals surface area contributed by atoms with Gasteiger partial charge in [0, 0.05) is 32.7 Å². The topological polar surface area (TPSA) is 49.9 Å². The highest BCUT2D eigenvalue weighted by Crippen LogP contribution is 2.28. The molecule has 0 bridgehead atoms. The summed E-state index contributed by atoms with van der Waals surface area (Å²) < 4.78 is 46.0. The van der Waals surface area contributed by atoms with E-state index in [1.165, 1.54) is 23.5 Å². The fraction of sp³-hybridized carbons (Fsp3) is 0.375. The first kappa shape index (κ1) is 18.6. The van der Waals surface area contributed by atoms with Crippen LogP contribution in [0.2, 0.25) is 4.34 Å². The zero-order valence-corrected chi connectivity index (χ0v) is 16.0. The van der Waals surface area contributed by atoms with E-state index in [0.717, 1.165) is 16.9 Å². The third kappa shape index (κ3) is 4.15. The SMILES string of the molecule is COc1ccc(CN2CCN(S(=O)(=O)c3ccc(Cl)s3)CC2)cc1F. The number of ether oxygens (including phenoxy) is 1. The van der Waals surface area contributed by atoms with E-state index < -0.39 is 15.8 Å². The van der Waals surface area contributed by atoms with E-state index in [9.17, 15) is 12.8 Å². The molecule has 1 saturated heterocycles. The molecule has 5 nitrogen and oxygen atoms in total. The van der Waals surface area contributed by atoms with Crippen molar-refractivity contribution >= 4 is 33.0 Å². The number of hydrogen-bond acceptors (Lipinski definition) is 5. The smallest absolute Gasteiger partial charge is 0.252 e. The van der Waals surface area contributed by atoms with Crippen molar-refractivity contribution in [2.24, 2.45) is 0 Å². The van der Waals surface area contributed by atoms with Crippen LogP contribution in [0.5, 0.6) is 5.75 Å². The predicted octanol–water partition coefficient (Wildman–Crippen LogP) is 3.06. The Morgan fingerprint density at radius 3 is 2.48 bits per heavy atom. The number of piperazine rings is 1. The van der Waals surface area contributed by atoms with Gasteiger partial charge < -0.3 is 4.74 Å². The van der Waals surface area contributed by atoms with E-state index in [4.69, 9.17) is 16.3 Å². The van der Waals surface area contributed by atoms with Gasteiger partial charge in [-0.25, -0.2) is 12.8 Å². The summed E-state index contributed by atoms with van der Waals surface area (Å²) in [4.78, 5) is 2.11. The summed E-state index contributed by atoms with van der Waals surface area (Å²) >= 11 is 6.91. The number of benzene rings is 1. The van der Waals surface area contributed by atoms with Gasteiger partial charge in [-0.15, -0.1) is 11.3 Å². The Bertz CT molecular complexity index is 849. The average molecular weight is 405 g/mol. The third-order valence-electron chi connectivity index (χ3n) is 4.10. The molecular formula is C16H18ClFN2O3S2. The highest BCUT2D eigenvalue weighted by atomic mass is 35.5. The van der Waals surface area contributed by atoms with Crippen LogP contribution < -0.4 is 4.74 Å². The largest absolute Gasteiger partial charge is 0.494 e. The molecule has 25 heavy (non-hydrogen) atoms. The van der Waals surface area contributed by atoms with E-state index in [-0.39, 0.29) is 9.96 Å². The van der Waals surface area contributed by atoms with E-state index in [0.29, 0.717) is 37.1 Å². The van der Waals surface area contributed by atoms with Gasteiger partial charge in [0.05, 0.1) is 11.4 Å². The van der Waals surface area contributed by atoms with Crippen LogP contribution in [-0.4, -0.2) is 50.9 Å². The standard InChI is InChI=1S/C16H18ClFN2O3S2/c1-23-14-3-2-12(10-13(14)18)11-19-6-8-20(9-7-19)25(21,22)16-5-4-15(17)24-16/h2-5,10H,6-9,11H2,1H3. The summed E-state index contributed by atoms with van der Waals surface area (Å²) in [6.07, 6.45) is 0. The number of nitrogens with zero attached hydrogens (tertiary/aromatic N) is 2. The molecule has 1 aliphatic rings. The predicted molar refractivity (Wildman–Crippen MR) is 96.3 cm³/mol. The molecule has 0 N–H and O–H groups in total. The molecule has 2 aromatic rings. The van der Waals surface area contributed by atoms with Gasteiger partial charge in [0.25, 0.3) is 10.0 Å². The van der Waals surface area contributed by atoms with Gasteiger partial charge >= 0.3 is 0 Å². The first-order chi connectivity index (χ1) is 11.9. The maximum Gasteiger partial charge on any atom is 0.252 e. The van der Waals surface area contributed by atoms with Crippen molar-refractivity contribution in [1.82, 2.24) is 9.21 Å². The molecule has 0 atom stereocenters. The first-order valence-electron chi connectivity index (χ1n) is 7.70. The number of thiophene rings is 1. The highest BCUT2D eigenvalue weighted by molar-refractivity contribution is 7.91. The van der Waals surface area contributed by atoms with Crippen molar-refractivity contribution < 1.29 is 17.5 Å². The quantitative estimate of drug-likeness (QED) is 0.768. The minimum atomic E-state index is -3.49. The lowest BCUT2D eigenvalue weighted by atomic mass is 10.2. The monoisotopic (exact) mass is 404 g/mol. The van der Waals surface area contributed by atoms with Gasteiger partial charge in [0.15, 0.2) is 11.6 Å². The maximum absolute atomic E-state index is 13.8. The minimum absolute atomic E-state index is 0.217. The molecule has 0 aliphatic carbocycles. The average Bonchev–Trinajstić information content (AvgIpc) is 3.03. The molecule has 1 aliphatic heterocycles. The Hall–Kier alpha value is -1.19. The Labute approximate surface area is 155 Å². The summed E-state index contributed by atoms with van der Waals surface area (Å²) in [5, 5.41) is 0. The molecule has 2 heterocycles. The lowest BCUT2D eigenvalue weighted by Crippen LogP contribution is -2.48. The highest BCUT2D eigenvalue weighted by Gasteiger charge is 2.29. The van der Waals surface area contributed by atoms with Crippen LogP contribution in [0.15, 0.2) is 34.5 Å². The van der Waals surface area contributed by atoms with E-state index in [1.807, 2.05) is 6.07 Å². The van der Waals surface area contributed by atoms with Gasteiger partial charge in [-0.3, -0.25) is 4.90 Å². The lowest BCUT2D eigenvalue weighted by molar-refractivity contribution is 0.181. The zero-order valence-electron chi connectivity index (χ0n) is 13.6. The Kier molecular flexibility index (Phi) is 5.65. The molecule has 0 saturated carbocycles. The molecule has 0 spiro atoms. The van der Waals surface area contributed by atoms with Crippen molar-refractivity contribution in [3.8, 4) is 5.75 Å². The van der Waals surface area contributed by atoms with Gasteiger partial charge in [0.1, 0.15) is 4.21 Å². The second-order valence-electron chi connectivity index (χ2n) is 5.71. The molecule has 0 amide bonds. The molecule has 3 rings (SSSR count). The Morgan fingerprint density at radius 2 is 1.92 bits per heavy atom. The zero-order chi connectivity index (χ0) is 18.0. The first-order valence-corrected chi connectivity index (χ1v) is 10.3.